The minimum Gasteiger partial charge on any atom is -0.494 e. The van der Waals surface area contributed by atoms with Gasteiger partial charge >= 0.3 is 0 Å². The molecule has 0 bridgehead atoms. The number of nitriles is 1. The van der Waals surface area contributed by atoms with E-state index in [4.69, 9.17) is 9.52 Å². The topological polar surface area (TPSA) is 93.3 Å². The lowest BCUT2D eigenvalue weighted by molar-refractivity contribution is 0.236. The standard InChI is InChI=1S/C20H24FN5O2S/c1-28-18-10-17-15(9-16(18)21)19(14(11-22)12-24-17)25-6-3-20(4-7-25)5-8-26(13-20)29(2,23)27/h9-10,12,23H,3-8,13H2,1-2H3. The first-order valence-corrected chi connectivity index (χ1v) is 11.5. The summed E-state index contributed by atoms with van der Waals surface area (Å²) >= 11 is 0. The van der Waals surface area contributed by atoms with Crippen LogP contribution in [0.5, 0.6) is 5.75 Å². The van der Waals surface area contributed by atoms with E-state index < -0.39 is 15.7 Å². The predicted molar refractivity (Wildman–Crippen MR) is 110 cm³/mol. The number of nitrogens with zero attached hydrogens (tertiary/aromatic N) is 4. The molecule has 4 rings (SSSR count). The first-order chi connectivity index (χ1) is 13.8. The van der Waals surface area contributed by atoms with Crippen LogP contribution >= 0.6 is 0 Å². The fraction of sp³-hybridized carbons (Fsp3) is 0.500. The van der Waals surface area contributed by atoms with Crippen LogP contribution in [-0.2, 0) is 9.92 Å². The number of anilines is 1. The van der Waals surface area contributed by atoms with Gasteiger partial charge in [-0.3, -0.25) is 4.98 Å². The van der Waals surface area contributed by atoms with Crippen molar-refractivity contribution < 1.29 is 13.3 Å². The lowest BCUT2D eigenvalue weighted by Crippen LogP contribution is -2.42. The minimum absolute atomic E-state index is 0.0559. The average molecular weight is 418 g/mol. The molecule has 0 aliphatic carbocycles. The number of methoxy groups -OCH3 is 1. The Kier molecular flexibility index (Phi) is 4.87. The molecular weight excluding hydrogens is 393 g/mol. The zero-order chi connectivity index (χ0) is 20.8. The Hall–Kier alpha value is -2.44. The Morgan fingerprint density at radius 3 is 2.59 bits per heavy atom. The molecule has 1 aromatic heterocycles. The molecule has 7 nitrogen and oxygen atoms in total. The molecule has 0 amide bonds. The second kappa shape index (κ2) is 7.11. The van der Waals surface area contributed by atoms with Gasteiger partial charge in [0.15, 0.2) is 11.6 Å². The van der Waals surface area contributed by atoms with Gasteiger partial charge in [0, 0.05) is 50.1 Å². The smallest absolute Gasteiger partial charge is 0.165 e. The highest BCUT2D eigenvalue weighted by molar-refractivity contribution is 7.89. The van der Waals surface area contributed by atoms with Gasteiger partial charge in [-0.1, -0.05) is 0 Å². The molecule has 0 saturated carbocycles. The van der Waals surface area contributed by atoms with Gasteiger partial charge in [-0.25, -0.2) is 17.7 Å². The Bertz CT molecular complexity index is 1100. The van der Waals surface area contributed by atoms with Crippen molar-refractivity contribution in [1.29, 1.82) is 10.0 Å². The summed E-state index contributed by atoms with van der Waals surface area (Å²) in [6.07, 6.45) is 5.70. The third-order valence-electron chi connectivity index (χ3n) is 6.27. The zero-order valence-electron chi connectivity index (χ0n) is 16.6. The van der Waals surface area contributed by atoms with Crippen molar-refractivity contribution >= 4 is 26.5 Å². The van der Waals surface area contributed by atoms with Crippen molar-refractivity contribution in [3.8, 4) is 11.8 Å². The first kappa shape index (κ1) is 19.9. The van der Waals surface area contributed by atoms with Crippen molar-refractivity contribution in [3.05, 3.63) is 29.7 Å². The van der Waals surface area contributed by atoms with Crippen molar-refractivity contribution in [3.63, 3.8) is 0 Å². The van der Waals surface area contributed by atoms with Gasteiger partial charge in [-0.2, -0.15) is 5.26 Å². The van der Waals surface area contributed by atoms with E-state index >= 15 is 0 Å². The number of piperidine rings is 1. The molecule has 29 heavy (non-hydrogen) atoms. The summed E-state index contributed by atoms with van der Waals surface area (Å²) in [5, 5.41) is 10.2. The highest BCUT2D eigenvalue weighted by Gasteiger charge is 2.42. The van der Waals surface area contributed by atoms with Gasteiger partial charge in [0.25, 0.3) is 0 Å². The highest BCUT2D eigenvalue weighted by Crippen LogP contribution is 2.43. The summed E-state index contributed by atoms with van der Waals surface area (Å²) in [6, 6.07) is 5.14. The number of benzene rings is 1. The maximum atomic E-state index is 14.4. The van der Waals surface area contributed by atoms with Crippen LogP contribution in [0.2, 0.25) is 0 Å². The molecule has 0 radical (unpaired) electrons. The van der Waals surface area contributed by atoms with Crippen LogP contribution in [-0.4, -0.2) is 53.0 Å². The number of fused-ring (bicyclic) bond motifs is 1. The predicted octanol–water partition coefficient (Wildman–Crippen LogP) is 3.14. The number of ether oxygens (including phenoxy) is 1. The van der Waals surface area contributed by atoms with Crippen LogP contribution < -0.4 is 9.64 Å². The van der Waals surface area contributed by atoms with E-state index in [1.807, 2.05) is 0 Å². The van der Waals surface area contributed by atoms with Crippen LogP contribution in [0, 0.1) is 27.3 Å². The van der Waals surface area contributed by atoms with E-state index in [0.29, 0.717) is 35.2 Å². The van der Waals surface area contributed by atoms with E-state index in [2.05, 4.69) is 16.0 Å². The summed E-state index contributed by atoms with van der Waals surface area (Å²) < 4.78 is 41.2. The lowest BCUT2D eigenvalue weighted by Gasteiger charge is -2.41. The van der Waals surface area contributed by atoms with Gasteiger partial charge in [-0.05, 0) is 30.7 Å². The first-order valence-electron chi connectivity index (χ1n) is 9.56. The monoisotopic (exact) mass is 417 g/mol. The van der Waals surface area contributed by atoms with E-state index in [-0.39, 0.29) is 11.2 Å². The molecule has 1 N–H and O–H groups in total. The molecule has 154 valence electrons. The zero-order valence-corrected chi connectivity index (χ0v) is 17.4. The second-order valence-electron chi connectivity index (χ2n) is 8.04. The second-order valence-corrected chi connectivity index (χ2v) is 10.2. The molecule has 1 aromatic carbocycles. The maximum absolute atomic E-state index is 14.4. The summed E-state index contributed by atoms with van der Waals surface area (Å²) in [5.41, 5.74) is 1.78. The minimum atomic E-state index is -2.68. The number of aromatic nitrogens is 1. The quantitative estimate of drug-likeness (QED) is 0.828. The molecule has 2 aliphatic heterocycles. The number of pyridine rings is 1. The van der Waals surface area contributed by atoms with E-state index in [1.165, 1.54) is 25.6 Å². The molecule has 9 heteroatoms. The van der Waals surface area contributed by atoms with E-state index in [1.54, 1.807) is 10.4 Å². The normalized spacial score (nSPS) is 21.2. The summed E-state index contributed by atoms with van der Waals surface area (Å²) in [4.78, 5) is 6.44. The van der Waals surface area contributed by atoms with Gasteiger partial charge in [0.2, 0.25) is 0 Å². The fourth-order valence-corrected chi connectivity index (χ4v) is 5.52. The third-order valence-corrected chi connectivity index (χ3v) is 7.57. The summed E-state index contributed by atoms with van der Waals surface area (Å²) in [5.74, 6) is -0.353. The number of halogens is 1. The van der Waals surface area contributed by atoms with Crippen LogP contribution in [0.25, 0.3) is 10.9 Å². The largest absolute Gasteiger partial charge is 0.494 e. The number of rotatable bonds is 3. The summed E-state index contributed by atoms with van der Waals surface area (Å²) in [6.45, 7) is 2.80. The van der Waals surface area contributed by atoms with Gasteiger partial charge in [0.1, 0.15) is 16.0 Å². The van der Waals surface area contributed by atoms with Crippen LogP contribution in [0.3, 0.4) is 0 Å². The third kappa shape index (κ3) is 3.51. The Morgan fingerprint density at radius 1 is 1.31 bits per heavy atom. The van der Waals surface area contributed by atoms with E-state index in [9.17, 15) is 13.9 Å². The van der Waals surface area contributed by atoms with Crippen molar-refractivity contribution in [2.45, 2.75) is 19.3 Å². The molecule has 2 aliphatic rings. The van der Waals surface area contributed by atoms with Crippen LogP contribution in [0.1, 0.15) is 24.8 Å². The average Bonchev–Trinajstić information content (AvgIpc) is 3.11. The van der Waals surface area contributed by atoms with Gasteiger partial charge < -0.3 is 9.64 Å². The van der Waals surface area contributed by atoms with Crippen LogP contribution in [0.4, 0.5) is 10.1 Å². The number of hydrogen-bond donors (Lipinski definition) is 1. The highest BCUT2D eigenvalue weighted by atomic mass is 32.2. The van der Waals surface area contributed by atoms with Gasteiger partial charge in [0.05, 0.1) is 23.9 Å². The Balaban J connectivity index is 1.65. The number of nitrogens with one attached hydrogen (secondary N) is 1. The molecule has 3 heterocycles. The van der Waals surface area contributed by atoms with Crippen molar-refractivity contribution in [2.24, 2.45) is 5.41 Å². The Labute approximate surface area is 170 Å². The molecule has 2 fully saturated rings. The molecule has 2 aromatic rings. The maximum Gasteiger partial charge on any atom is 0.165 e. The molecule has 1 unspecified atom stereocenters. The van der Waals surface area contributed by atoms with Gasteiger partial charge in [-0.15, -0.1) is 0 Å². The van der Waals surface area contributed by atoms with Crippen LogP contribution in [0.15, 0.2) is 18.3 Å². The summed E-state index contributed by atoms with van der Waals surface area (Å²) in [7, 11) is -1.27. The fourth-order valence-electron chi connectivity index (χ4n) is 4.56. The molecular formula is C20H24FN5O2S. The number of hydrogen-bond acceptors (Lipinski definition) is 6. The SMILES string of the molecule is COc1cc2ncc(C#N)c(N3CCC4(CC3)CCN(S(C)(=N)=O)C4)c2cc1F. The molecule has 1 spiro atoms. The Morgan fingerprint density at radius 2 is 2.00 bits per heavy atom. The molecule has 2 saturated heterocycles. The van der Waals surface area contributed by atoms with E-state index in [0.717, 1.165) is 32.4 Å². The van der Waals surface area contributed by atoms with Crippen molar-refractivity contribution in [1.82, 2.24) is 9.29 Å². The molecule has 1 atom stereocenters. The van der Waals surface area contributed by atoms with Crippen molar-refractivity contribution in [2.75, 3.05) is 44.4 Å². The lowest BCUT2D eigenvalue weighted by atomic mass is 9.77.